The fourth-order valence-corrected chi connectivity index (χ4v) is 5.79. The Morgan fingerprint density at radius 1 is 1.02 bits per heavy atom. The number of alkyl carbamates (subject to hydrolysis) is 1. The van der Waals surface area contributed by atoms with Crippen molar-refractivity contribution in [3.8, 4) is 28.1 Å². The highest BCUT2D eigenvalue weighted by Crippen LogP contribution is 2.48. The van der Waals surface area contributed by atoms with Crippen LogP contribution in [0.15, 0.2) is 66.9 Å². The molecular weight excluding hydrogens is 518 g/mol. The fraction of sp³-hybridized carbons (Fsp3) is 0.312. The first-order valence-corrected chi connectivity index (χ1v) is 13.6. The number of aryl methyl sites for hydroxylation is 1. The summed E-state index contributed by atoms with van der Waals surface area (Å²) in [5, 5.41) is 29.0. The second kappa shape index (κ2) is 9.27. The van der Waals surface area contributed by atoms with Crippen molar-refractivity contribution in [2.75, 3.05) is 0 Å². The summed E-state index contributed by atoms with van der Waals surface area (Å²) in [5.74, 6) is 0.183. The zero-order valence-electron chi connectivity index (χ0n) is 23.8. The van der Waals surface area contributed by atoms with E-state index in [1.165, 1.54) is 0 Å². The van der Waals surface area contributed by atoms with Crippen LogP contribution in [0.3, 0.4) is 0 Å². The Hall–Kier alpha value is -4.50. The summed E-state index contributed by atoms with van der Waals surface area (Å²) in [4.78, 5) is 22.4. The Morgan fingerprint density at radius 2 is 1.68 bits per heavy atom. The van der Waals surface area contributed by atoms with Crippen molar-refractivity contribution < 1.29 is 19.7 Å². The van der Waals surface area contributed by atoms with Gasteiger partial charge in [0, 0.05) is 41.6 Å². The molecule has 9 heteroatoms. The SMILES string of the molecule is Cc1cc2ncc3cc(-c4ccc(O)cc4)c(-c4ccc([C@]5(NC(=O)OC(C)(C)C)C[C@@](C)(O)C5)cc4)nc3n2n1. The average molecular weight is 552 g/mol. The summed E-state index contributed by atoms with van der Waals surface area (Å²) >= 11 is 0. The van der Waals surface area contributed by atoms with Crippen molar-refractivity contribution >= 4 is 22.8 Å². The Labute approximate surface area is 237 Å². The van der Waals surface area contributed by atoms with Crippen molar-refractivity contribution in [1.29, 1.82) is 0 Å². The second-order valence-corrected chi connectivity index (χ2v) is 12.3. The maximum absolute atomic E-state index is 12.7. The number of aliphatic hydroxyl groups is 1. The van der Waals surface area contributed by atoms with E-state index in [0.29, 0.717) is 24.1 Å². The van der Waals surface area contributed by atoms with Crippen molar-refractivity contribution in [2.45, 2.75) is 64.2 Å². The highest BCUT2D eigenvalue weighted by Gasteiger charge is 2.53. The van der Waals surface area contributed by atoms with Crippen LogP contribution in [0.4, 0.5) is 4.79 Å². The number of nitrogens with one attached hydrogen (secondary N) is 1. The molecule has 6 rings (SSSR count). The molecular formula is C32H33N5O4. The van der Waals surface area contributed by atoms with Crippen LogP contribution in [0, 0.1) is 6.92 Å². The monoisotopic (exact) mass is 551 g/mol. The predicted octanol–water partition coefficient (Wildman–Crippen LogP) is 5.89. The molecule has 3 heterocycles. The number of amides is 1. The molecule has 210 valence electrons. The van der Waals surface area contributed by atoms with Crippen LogP contribution in [0.2, 0.25) is 0 Å². The van der Waals surface area contributed by atoms with Gasteiger partial charge in [-0.25, -0.2) is 14.8 Å². The smallest absolute Gasteiger partial charge is 0.408 e. The number of carbonyl (C=O) groups is 1. The van der Waals surface area contributed by atoms with E-state index in [2.05, 4.69) is 15.4 Å². The molecule has 41 heavy (non-hydrogen) atoms. The molecule has 0 atom stereocenters. The van der Waals surface area contributed by atoms with Crippen LogP contribution in [0.1, 0.15) is 51.8 Å². The number of fused-ring (bicyclic) bond motifs is 3. The molecule has 1 aliphatic rings. The highest BCUT2D eigenvalue weighted by molar-refractivity contribution is 5.90. The number of nitrogens with zero attached hydrogens (tertiary/aromatic N) is 4. The van der Waals surface area contributed by atoms with Gasteiger partial charge < -0.3 is 20.3 Å². The van der Waals surface area contributed by atoms with Gasteiger partial charge in [-0.15, -0.1) is 0 Å². The highest BCUT2D eigenvalue weighted by atomic mass is 16.6. The van der Waals surface area contributed by atoms with Crippen molar-refractivity contribution in [1.82, 2.24) is 24.9 Å². The third-order valence-electron chi connectivity index (χ3n) is 7.37. The lowest BCUT2D eigenvalue weighted by atomic mass is 9.62. The van der Waals surface area contributed by atoms with Gasteiger partial charge in [0.25, 0.3) is 0 Å². The van der Waals surface area contributed by atoms with E-state index in [4.69, 9.17) is 9.72 Å². The summed E-state index contributed by atoms with van der Waals surface area (Å²) in [5.41, 5.74) is 4.23. The molecule has 0 saturated heterocycles. The topological polar surface area (TPSA) is 122 Å². The van der Waals surface area contributed by atoms with E-state index < -0.39 is 22.8 Å². The Balaban J connectivity index is 1.45. The molecule has 1 amide bonds. The van der Waals surface area contributed by atoms with Crippen LogP contribution in [-0.4, -0.2) is 47.1 Å². The minimum absolute atomic E-state index is 0.183. The number of hydrogen-bond acceptors (Lipinski definition) is 7. The van der Waals surface area contributed by atoms with Gasteiger partial charge in [0.2, 0.25) is 0 Å². The largest absolute Gasteiger partial charge is 0.508 e. The van der Waals surface area contributed by atoms with Gasteiger partial charge in [-0.1, -0.05) is 36.4 Å². The lowest BCUT2D eigenvalue weighted by molar-refractivity contribution is -0.0892. The van der Waals surface area contributed by atoms with Gasteiger partial charge in [-0.2, -0.15) is 9.61 Å². The minimum Gasteiger partial charge on any atom is -0.508 e. The minimum atomic E-state index is -0.888. The number of rotatable bonds is 4. The number of aromatic hydroxyl groups is 1. The van der Waals surface area contributed by atoms with E-state index in [1.807, 2.05) is 76.2 Å². The molecule has 1 saturated carbocycles. The molecule has 0 unspecified atom stereocenters. The third-order valence-corrected chi connectivity index (χ3v) is 7.37. The van der Waals surface area contributed by atoms with E-state index >= 15 is 0 Å². The average Bonchev–Trinajstić information content (AvgIpc) is 3.27. The summed E-state index contributed by atoms with van der Waals surface area (Å²) in [6.07, 6.45) is 2.02. The Bertz CT molecular complexity index is 1780. The van der Waals surface area contributed by atoms with E-state index in [9.17, 15) is 15.0 Å². The maximum Gasteiger partial charge on any atom is 0.408 e. The van der Waals surface area contributed by atoms with Crippen molar-refractivity contribution in [3.63, 3.8) is 0 Å². The summed E-state index contributed by atoms with van der Waals surface area (Å²) in [6.45, 7) is 9.15. The normalized spacial score (nSPS) is 20.6. The number of benzene rings is 2. The number of phenolic OH excluding ortho intramolecular Hbond substituents is 1. The number of hydrogen-bond donors (Lipinski definition) is 3. The summed E-state index contributed by atoms with van der Waals surface area (Å²) < 4.78 is 7.28. The molecule has 0 radical (unpaired) electrons. The summed E-state index contributed by atoms with van der Waals surface area (Å²) in [6, 6.07) is 18.9. The third kappa shape index (κ3) is 5.09. The molecule has 0 aliphatic heterocycles. The van der Waals surface area contributed by atoms with Gasteiger partial charge in [0.15, 0.2) is 11.3 Å². The number of carbonyl (C=O) groups excluding carboxylic acids is 1. The summed E-state index contributed by atoms with van der Waals surface area (Å²) in [7, 11) is 0. The van der Waals surface area contributed by atoms with Crippen LogP contribution >= 0.6 is 0 Å². The van der Waals surface area contributed by atoms with Crippen LogP contribution in [-0.2, 0) is 10.3 Å². The first-order chi connectivity index (χ1) is 19.3. The van der Waals surface area contributed by atoms with Gasteiger partial charge in [0.1, 0.15) is 11.4 Å². The number of ether oxygens (including phenoxy) is 1. The number of phenols is 1. The predicted molar refractivity (Wildman–Crippen MR) is 156 cm³/mol. The quantitative estimate of drug-likeness (QED) is 0.255. The number of aromatic nitrogens is 4. The zero-order chi connectivity index (χ0) is 29.2. The van der Waals surface area contributed by atoms with Gasteiger partial charge >= 0.3 is 6.09 Å². The zero-order valence-corrected chi connectivity index (χ0v) is 23.8. The molecule has 3 aromatic heterocycles. The van der Waals surface area contributed by atoms with Crippen molar-refractivity contribution in [2.24, 2.45) is 0 Å². The number of pyridine rings is 1. The molecule has 0 spiro atoms. The Kier molecular flexibility index (Phi) is 6.04. The maximum atomic E-state index is 12.7. The lowest BCUT2D eigenvalue weighted by Gasteiger charge is -2.52. The molecule has 2 aromatic carbocycles. The first-order valence-electron chi connectivity index (χ1n) is 13.6. The van der Waals surface area contributed by atoms with E-state index in [-0.39, 0.29) is 5.75 Å². The molecule has 0 bridgehead atoms. The van der Waals surface area contributed by atoms with E-state index in [0.717, 1.165) is 39.0 Å². The van der Waals surface area contributed by atoms with Gasteiger partial charge in [-0.3, -0.25) is 0 Å². The van der Waals surface area contributed by atoms with Crippen LogP contribution < -0.4 is 5.32 Å². The van der Waals surface area contributed by atoms with Crippen molar-refractivity contribution in [3.05, 3.63) is 78.1 Å². The standard InChI is InChI=1S/C32H33N5O4/c1-19-14-26-33-16-22-15-25(20-8-12-24(38)13-9-20)27(34-28(22)37(26)36-19)21-6-10-23(11-7-21)32(17-31(5,40)18-32)35-29(39)41-30(2,3)4/h6-16,38,40H,17-18H2,1-5H3,(H,35,39)/t31-,32+. The van der Waals surface area contributed by atoms with E-state index in [1.54, 1.807) is 29.8 Å². The fourth-order valence-electron chi connectivity index (χ4n) is 5.79. The molecule has 3 N–H and O–H groups in total. The molecule has 1 fully saturated rings. The van der Waals surface area contributed by atoms with Crippen LogP contribution in [0.5, 0.6) is 5.75 Å². The Morgan fingerprint density at radius 3 is 2.32 bits per heavy atom. The first kappa shape index (κ1) is 26.7. The van der Waals surface area contributed by atoms with Gasteiger partial charge in [-0.05, 0) is 63.9 Å². The molecule has 9 nitrogen and oxygen atoms in total. The van der Waals surface area contributed by atoms with Crippen LogP contribution in [0.25, 0.3) is 39.1 Å². The van der Waals surface area contributed by atoms with Gasteiger partial charge in [0.05, 0.1) is 22.5 Å². The molecule has 1 aliphatic carbocycles. The molecule has 5 aromatic rings. The lowest BCUT2D eigenvalue weighted by Crippen LogP contribution is -2.62. The second-order valence-electron chi connectivity index (χ2n) is 12.3.